The summed E-state index contributed by atoms with van der Waals surface area (Å²) in [6, 6.07) is 15.2. The van der Waals surface area contributed by atoms with E-state index in [2.05, 4.69) is 0 Å². The molecule has 0 saturated heterocycles. The molecule has 0 atom stereocenters. The summed E-state index contributed by atoms with van der Waals surface area (Å²) < 4.78 is 18.6. The monoisotopic (exact) mass is 355 g/mol. The summed E-state index contributed by atoms with van der Waals surface area (Å²) in [7, 11) is 1.65. The van der Waals surface area contributed by atoms with Gasteiger partial charge in [-0.3, -0.25) is 9.59 Å². The van der Waals surface area contributed by atoms with E-state index in [-0.39, 0.29) is 18.3 Å². The standard InChI is InChI=1S/C21H22FNO3/c1-23(18-7-3-2-4-8-18)19(24)15-26-20(25)21(13-5-6-14-21)16-9-11-17(22)12-10-16/h2-4,7-12H,5-6,13-15H2,1H3. The second-order valence-corrected chi connectivity index (χ2v) is 6.66. The summed E-state index contributed by atoms with van der Waals surface area (Å²) in [4.78, 5) is 26.6. The van der Waals surface area contributed by atoms with Crippen molar-refractivity contribution in [1.82, 2.24) is 0 Å². The van der Waals surface area contributed by atoms with Crippen molar-refractivity contribution in [2.75, 3.05) is 18.6 Å². The van der Waals surface area contributed by atoms with Gasteiger partial charge in [0.25, 0.3) is 5.91 Å². The summed E-state index contributed by atoms with van der Waals surface area (Å²) >= 11 is 0. The van der Waals surface area contributed by atoms with Crippen LogP contribution >= 0.6 is 0 Å². The Morgan fingerprint density at radius 3 is 2.27 bits per heavy atom. The Labute approximate surface area is 152 Å². The lowest BCUT2D eigenvalue weighted by Crippen LogP contribution is -2.38. The molecular weight excluding hydrogens is 333 g/mol. The van der Waals surface area contributed by atoms with Crippen LogP contribution in [0.25, 0.3) is 0 Å². The number of amides is 1. The first-order valence-corrected chi connectivity index (χ1v) is 8.78. The zero-order chi connectivity index (χ0) is 18.6. The van der Waals surface area contributed by atoms with Crippen LogP contribution in [0.3, 0.4) is 0 Å². The molecular formula is C21H22FNO3. The third-order valence-electron chi connectivity index (χ3n) is 5.09. The maximum absolute atomic E-state index is 13.2. The Kier molecular flexibility index (Phi) is 5.35. The molecule has 4 nitrogen and oxygen atoms in total. The molecule has 1 aliphatic rings. The second kappa shape index (κ2) is 7.68. The van der Waals surface area contributed by atoms with Gasteiger partial charge in [0.2, 0.25) is 0 Å². The van der Waals surface area contributed by atoms with Gasteiger partial charge in [-0.15, -0.1) is 0 Å². The van der Waals surface area contributed by atoms with E-state index >= 15 is 0 Å². The molecule has 0 bridgehead atoms. The fourth-order valence-corrected chi connectivity index (χ4v) is 3.52. The smallest absolute Gasteiger partial charge is 0.317 e. The highest BCUT2D eigenvalue weighted by Gasteiger charge is 2.44. The Hall–Kier alpha value is -2.69. The molecule has 0 heterocycles. The van der Waals surface area contributed by atoms with Gasteiger partial charge >= 0.3 is 5.97 Å². The fraction of sp³-hybridized carbons (Fsp3) is 0.333. The van der Waals surface area contributed by atoms with Crippen molar-refractivity contribution in [3.05, 3.63) is 66.0 Å². The quantitative estimate of drug-likeness (QED) is 0.766. The molecule has 1 fully saturated rings. The van der Waals surface area contributed by atoms with Crippen molar-refractivity contribution < 1.29 is 18.7 Å². The summed E-state index contributed by atoms with van der Waals surface area (Å²) in [5.41, 5.74) is 0.715. The predicted molar refractivity (Wildman–Crippen MR) is 97.4 cm³/mol. The van der Waals surface area contributed by atoms with Gasteiger partial charge < -0.3 is 9.64 Å². The first-order chi connectivity index (χ1) is 12.5. The highest BCUT2D eigenvalue weighted by molar-refractivity contribution is 5.95. The highest BCUT2D eigenvalue weighted by atomic mass is 19.1. The number of likely N-dealkylation sites (N-methyl/N-ethyl adjacent to an activating group) is 1. The predicted octanol–water partition coefficient (Wildman–Crippen LogP) is 3.84. The number of para-hydroxylation sites is 1. The van der Waals surface area contributed by atoms with Gasteiger partial charge in [0, 0.05) is 12.7 Å². The normalized spacial score (nSPS) is 15.5. The number of hydrogen-bond donors (Lipinski definition) is 0. The van der Waals surface area contributed by atoms with Crippen LogP contribution in [-0.2, 0) is 19.7 Å². The summed E-state index contributed by atoms with van der Waals surface area (Å²) in [5.74, 6) is -1.04. The number of rotatable bonds is 5. The first-order valence-electron chi connectivity index (χ1n) is 8.78. The fourth-order valence-electron chi connectivity index (χ4n) is 3.52. The Balaban J connectivity index is 1.69. The van der Waals surface area contributed by atoms with Gasteiger partial charge in [0.1, 0.15) is 5.82 Å². The van der Waals surface area contributed by atoms with Crippen molar-refractivity contribution in [2.24, 2.45) is 0 Å². The van der Waals surface area contributed by atoms with Crippen LogP contribution in [0, 0.1) is 5.82 Å². The largest absolute Gasteiger partial charge is 0.455 e. The van der Waals surface area contributed by atoms with Crippen molar-refractivity contribution in [3.63, 3.8) is 0 Å². The van der Waals surface area contributed by atoms with E-state index in [1.54, 1.807) is 19.2 Å². The van der Waals surface area contributed by atoms with E-state index in [1.165, 1.54) is 17.0 Å². The number of nitrogens with zero attached hydrogens (tertiary/aromatic N) is 1. The lowest BCUT2D eigenvalue weighted by atomic mass is 9.79. The van der Waals surface area contributed by atoms with Crippen LogP contribution in [0.15, 0.2) is 54.6 Å². The minimum absolute atomic E-state index is 0.295. The molecule has 0 aliphatic heterocycles. The third-order valence-corrected chi connectivity index (χ3v) is 5.09. The maximum Gasteiger partial charge on any atom is 0.317 e. The Morgan fingerprint density at radius 1 is 1.04 bits per heavy atom. The molecule has 0 aromatic heterocycles. The second-order valence-electron chi connectivity index (χ2n) is 6.66. The summed E-state index contributed by atoms with van der Waals surface area (Å²) in [5, 5.41) is 0. The van der Waals surface area contributed by atoms with Gasteiger partial charge in [-0.2, -0.15) is 0 Å². The molecule has 1 saturated carbocycles. The van der Waals surface area contributed by atoms with Crippen molar-refractivity contribution in [1.29, 1.82) is 0 Å². The van der Waals surface area contributed by atoms with E-state index in [9.17, 15) is 14.0 Å². The van der Waals surface area contributed by atoms with Gasteiger partial charge in [0.15, 0.2) is 6.61 Å². The Morgan fingerprint density at radius 2 is 1.65 bits per heavy atom. The number of hydrogen-bond acceptors (Lipinski definition) is 3. The highest BCUT2D eigenvalue weighted by Crippen LogP contribution is 2.42. The zero-order valence-electron chi connectivity index (χ0n) is 14.8. The minimum Gasteiger partial charge on any atom is -0.455 e. The van der Waals surface area contributed by atoms with Crippen LogP contribution < -0.4 is 4.90 Å². The minimum atomic E-state index is -0.778. The van der Waals surface area contributed by atoms with Crippen molar-refractivity contribution >= 4 is 17.6 Å². The molecule has 0 radical (unpaired) electrons. The van der Waals surface area contributed by atoms with E-state index < -0.39 is 11.4 Å². The number of esters is 1. The van der Waals surface area contributed by atoms with E-state index in [0.29, 0.717) is 12.8 Å². The molecule has 0 unspecified atom stereocenters. The molecule has 2 aromatic carbocycles. The van der Waals surface area contributed by atoms with E-state index in [4.69, 9.17) is 4.74 Å². The van der Waals surface area contributed by atoms with Crippen LogP contribution in [-0.4, -0.2) is 25.5 Å². The van der Waals surface area contributed by atoms with Crippen LogP contribution in [0.4, 0.5) is 10.1 Å². The lowest BCUT2D eigenvalue weighted by molar-refractivity contribution is -0.153. The van der Waals surface area contributed by atoms with Gasteiger partial charge in [-0.25, -0.2) is 4.39 Å². The zero-order valence-corrected chi connectivity index (χ0v) is 14.8. The molecule has 0 N–H and O–H groups in total. The molecule has 1 amide bonds. The average Bonchev–Trinajstić information content (AvgIpc) is 3.17. The maximum atomic E-state index is 13.2. The lowest BCUT2D eigenvalue weighted by Gasteiger charge is -2.27. The molecule has 5 heteroatoms. The first kappa shape index (κ1) is 18.1. The molecule has 1 aliphatic carbocycles. The van der Waals surface area contributed by atoms with Crippen LogP contribution in [0.2, 0.25) is 0 Å². The van der Waals surface area contributed by atoms with Crippen molar-refractivity contribution in [3.8, 4) is 0 Å². The number of halogens is 1. The molecule has 0 spiro atoms. The molecule has 136 valence electrons. The topological polar surface area (TPSA) is 46.6 Å². The van der Waals surface area contributed by atoms with E-state index in [0.717, 1.165) is 24.1 Å². The van der Waals surface area contributed by atoms with Crippen LogP contribution in [0.1, 0.15) is 31.2 Å². The third kappa shape index (κ3) is 3.62. The number of carbonyl (C=O) groups is 2. The van der Waals surface area contributed by atoms with E-state index in [1.807, 2.05) is 30.3 Å². The Bertz CT molecular complexity index is 768. The summed E-state index contributed by atoms with van der Waals surface area (Å²) in [6.45, 7) is -0.312. The number of carbonyl (C=O) groups excluding carboxylic acids is 2. The van der Waals surface area contributed by atoms with Gasteiger partial charge in [-0.1, -0.05) is 43.2 Å². The van der Waals surface area contributed by atoms with Crippen LogP contribution in [0.5, 0.6) is 0 Å². The number of ether oxygens (including phenoxy) is 1. The van der Waals surface area contributed by atoms with Crippen molar-refractivity contribution in [2.45, 2.75) is 31.1 Å². The SMILES string of the molecule is CN(C(=O)COC(=O)C1(c2ccc(F)cc2)CCCC1)c1ccccc1. The van der Waals surface area contributed by atoms with Gasteiger partial charge in [0.05, 0.1) is 5.41 Å². The molecule has 3 rings (SSSR count). The average molecular weight is 355 g/mol. The molecule has 2 aromatic rings. The summed E-state index contributed by atoms with van der Waals surface area (Å²) in [6.07, 6.45) is 3.12. The molecule has 26 heavy (non-hydrogen) atoms. The number of anilines is 1. The van der Waals surface area contributed by atoms with Gasteiger partial charge in [-0.05, 0) is 42.7 Å². The number of benzene rings is 2.